The van der Waals surface area contributed by atoms with Crippen LogP contribution < -0.4 is 5.01 Å². The minimum absolute atomic E-state index is 0.544. The van der Waals surface area contributed by atoms with E-state index in [1.807, 2.05) is 35.5 Å². The molecular formula is C20H25N3O4S. The number of carboxylic acids is 1. The fourth-order valence-corrected chi connectivity index (χ4v) is 3.85. The number of rotatable bonds is 8. The van der Waals surface area contributed by atoms with Crippen molar-refractivity contribution in [3.8, 4) is 10.4 Å². The van der Waals surface area contributed by atoms with E-state index in [2.05, 4.69) is 4.98 Å². The summed E-state index contributed by atoms with van der Waals surface area (Å²) >= 11 is 1.57. The zero-order valence-corrected chi connectivity index (χ0v) is 16.9. The fourth-order valence-electron chi connectivity index (χ4n) is 2.92. The van der Waals surface area contributed by atoms with Gasteiger partial charge in [-0.2, -0.15) is 0 Å². The number of aryl methyl sites for hydroxylation is 1. The summed E-state index contributed by atoms with van der Waals surface area (Å²) < 4.78 is 5.34. The summed E-state index contributed by atoms with van der Waals surface area (Å²) in [5.41, 5.74) is 1.08. The van der Waals surface area contributed by atoms with Gasteiger partial charge in [-0.3, -0.25) is 9.59 Å². The summed E-state index contributed by atoms with van der Waals surface area (Å²) in [5.74, 6) is -0.792. The summed E-state index contributed by atoms with van der Waals surface area (Å²) in [6.07, 6.45) is 3.83. The highest BCUT2D eigenvalue weighted by Gasteiger charge is 2.27. The van der Waals surface area contributed by atoms with E-state index < -0.39 is 11.4 Å². The van der Waals surface area contributed by atoms with E-state index in [0.29, 0.717) is 39.1 Å². The van der Waals surface area contributed by atoms with Crippen molar-refractivity contribution < 1.29 is 19.4 Å². The van der Waals surface area contributed by atoms with Gasteiger partial charge in [-0.1, -0.05) is 12.1 Å². The molecule has 1 aromatic carbocycles. The highest BCUT2D eigenvalue weighted by Crippen LogP contribution is 2.31. The first-order valence-corrected chi connectivity index (χ1v) is 10.1. The van der Waals surface area contributed by atoms with E-state index >= 15 is 0 Å². The number of hydrogen-bond acceptors (Lipinski definition) is 6. The molecule has 1 aliphatic rings. The van der Waals surface area contributed by atoms with Gasteiger partial charge in [0.15, 0.2) is 0 Å². The smallest absolute Gasteiger partial charge is 0.309 e. The van der Waals surface area contributed by atoms with Gasteiger partial charge in [0.2, 0.25) is 6.41 Å². The van der Waals surface area contributed by atoms with Crippen molar-refractivity contribution in [2.24, 2.45) is 5.41 Å². The first-order chi connectivity index (χ1) is 13.4. The standard InChI is InChI=1S/C20H25N3O4S/c1-20(2,19(25)26)8-7-18-21-13-17(28-18)15-3-5-16(6-4-15)23(14-24)22-9-11-27-12-10-22/h3-6,13-14H,7-12H2,1-2H3,(H,25,26). The molecule has 7 nitrogen and oxygen atoms in total. The van der Waals surface area contributed by atoms with Crippen LogP contribution in [0.15, 0.2) is 30.5 Å². The van der Waals surface area contributed by atoms with Crippen molar-refractivity contribution in [2.75, 3.05) is 31.3 Å². The van der Waals surface area contributed by atoms with Crippen molar-refractivity contribution in [3.05, 3.63) is 35.5 Å². The van der Waals surface area contributed by atoms with Crippen LogP contribution in [0.5, 0.6) is 0 Å². The summed E-state index contributed by atoms with van der Waals surface area (Å²) in [7, 11) is 0. The minimum Gasteiger partial charge on any atom is -0.481 e. The van der Waals surface area contributed by atoms with Crippen molar-refractivity contribution in [2.45, 2.75) is 26.7 Å². The summed E-state index contributed by atoms with van der Waals surface area (Å²) in [6, 6.07) is 7.80. The first-order valence-electron chi connectivity index (χ1n) is 9.26. The molecule has 2 aromatic rings. The number of hydrazine groups is 1. The second-order valence-corrected chi connectivity index (χ2v) is 8.49. The average molecular weight is 404 g/mol. The second-order valence-electron chi connectivity index (χ2n) is 7.37. The highest BCUT2D eigenvalue weighted by atomic mass is 32.1. The third-order valence-corrected chi connectivity index (χ3v) is 6.01. The van der Waals surface area contributed by atoms with Crippen LogP contribution in [0.4, 0.5) is 5.69 Å². The van der Waals surface area contributed by atoms with E-state index in [4.69, 9.17) is 4.74 Å². The first kappa shape index (κ1) is 20.4. The molecule has 8 heteroatoms. The van der Waals surface area contributed by atoms with Crippen LogP contribution in [0, 0.1) is 5.41 Å². The minimum atomic E-state index is -0.792. The Bertz CT molecular complexity index is 813. The molecule has 0 saturated carbocycles. The summed E-state index contributed by atoms with van der Waals surface area (Å²) in [5, 5.41) is 13.8. The Morgan fingerprint density at radius 2 is 2.00 bits per heavy atom. The molecule has 2 heterocycles. The monoisotopic (exact) mass is 403 g/mol. The van der Waals surface area contributed by atoms with Crippen LogP contribution in [-0.2, 0) is 20.7 Å². The van der Waals surface area contributed by atoms with Crippen LogP contribution in [-0.4, -0.2) is 53.8 Å². The fraction of sp³-hybridized carbons (Fsp3) is 0.450. The zero-order chi connectivity index (χ0) is 20.1. The van der Waals surface area contributed by atoms with Gasteiger partial charge < -0.3 is 9.84 Å². The molecule has 1 saturated heterocycles. The van der Waals surface area contributed by atoms with Gasteiger partial charge in [-0.25, -0.2) is 15.0 Å². The molecule has 0 bridgehead atoms. The lowest BCUT2D eigenvalue weighted by Gasteiger charge is -2.34. The number of morpholine rings is 1. The predicted molar refractivity (Wildman–Crippen MR) is 108 cm³/mol. The van der Waals surface area contributed by atoms with E-state index in [1.54, 1.807) is 30.2 Å². The Hall–Kier alpha value is -2.29. The van der Waals surface area contributed by atoms with E-state index in [0.717, 1.165) is 27.5 Å². The van der Waals surface area contributed by atoms with Gasteiger partial charge >= 0.3 is 5.97 Å². The number of aliphatic carboxylic acids is 1. The number of nitrogens with zero attached hydrogens (tertiary/aromatic N) is 3. The number of amides is 1. The number of thiazole rings is 1. The normalized spacial score (nSPS) is 15.4. The number of anilines is 1. The molecule has 0 unspecified atom stereocenters. The van der Waals surface area contributed by atoms with Crippen LogP contribution >= 0.6 is 11.3 Å². The maximum absolute atomic E-state index is 11.6. The van der Waals surface area contributed by atoms with Gasteiger partial charge in [0.25, 0.3) is 0 Å². The predicted octanol–water partition coefficient (Wildman–Crippen LogP) is 3.06. The lowest BCUT2D eigenvalue weighted by atomic mass is 9.88. The number of hydrogen-bond donors (Lipinski definition) is 1. The zero-order valence-electron chi connectivity index (χ0n) is 16.1. The highest BCUT2D eigenvalue weighted by molar-refractivity contribution is 7.15. The molecule has 1 N–H and O–H groups in total. The molecule has 0 spiro atoms. The molecule has 1 amide bonds. The molecule has 1 fully saturated rings. The van der Waals surface area contributed by atoms with Gasteiger partial charge in [0, 0.05) is 25.7 Å². The molecule has 1 aliphatic heterocycles. The van der Waals surface area contributed by atoms with E-state index in [-0.39, 0.29) is 0 Å². The molecular weight excluding hydrogens is 378 g/mol. The van der Waals surface area contributed by atoms with E-state index in [1.165, 1.54) is 0 Å². The number of carbonyl (C=O) groups is 2. The number of benzene rings is 1. The van der Waals surface area contributed by atoms with Crippen molar-refractivity contribution >= 4 is 29.4 Å². The number of aromatic nitrogens is 1. The maximum Gasteiger partial charge on any atom is 0.309 e. The lowest BCUT2D eigenvalue weighted by Crippen LogP contribution is -2.48. The molecule has 0 radical (unpaired) electrons. The Labute approximate surface area is 168 Å². The van der Waals surface area contributed by atoms with Gasteiger partial charge in [0.1, 0.15) is 0 Å². The quantitative estimate of drug-likeness (QED) is 0.682. The molecule has 0 atom stereocenters. The number of carbonyl (C=O) groups excluding carboxylic acids is 1. The van der Waals surface area contributed by atoms with Crippen molar-refractivity contribution in [1.29, 1.82) is 0 Å². The van der Waals surface area contributed by atoms with Crippen LogP contribution in [0.3, 0.4) is 0 Å². The Kier molecular flexibility index (Phi) is 6.43. The van der Waals surface area contributed by atoms with Gasteiger partial charge in [0.05, 0.1) is 34.2 Å². The molecule has 1 aromatic heterocycles. The van der Waals surface area contributed by atoms with Crippen LogP contribution in [0.2, 0.25) is 0 Å². The topological polar surface area (TPSA) is 83.0 Å². The summed E-state index contributed by atoms with van der Waals surface area (Å²) in [6.45, 7) is 6.07. The Morgan fingerprint density at radius 3 is 2.61 bits per heavy atom. The number of ether oxygens (including phenoxy) is 1. The molecule has 150 valence electrons. The maximum atomic E-state index is 11.6. The third kappa shape index (κ3) is 4.76. The number of carboxylic acid groups (broad SMARTS) is 1. The average Bonchev–Trinajstić information content (AvgIpc) is 3.17. The second kappa shape index (κ2) is 8.81. The summed E-state index contributed by atoms with van der Waals surface area (Å²) in [4.78, 5) is 28.3. The van der Waals surface area contributed by atoms with E-state index in [9.17, 15) is 14.7 Å². The molecule has 3 rings (SSSR count). The van der Waals surface area contributed by atoms with Gasteiger partial charge in [-0.05, 0) is 38.0 Å². The third-order valence-electron chi connectivity index (χ3n) is 4.90. The SMILES string of the molecule is CC(C)(CCc1ncc(-c2ccc(N(C=O)N3CCOCC3)cc2)s1)C(=O)O. The van der Waals surface area contributed by atoms with Crippen LogP contribution in [0.25, 0.3) is 10.4 Å². The Morgan fingerprint density at radius 1 is 1.32 bits per heavy atom. The Balaban J connectivity index is 1.67. The molecule has 28 heavy (non-hydrogen) atoms. The van der Waals surface area contributed by atoms with Crippen molar-refractivity contribution in [3.63, 3.8) is 0 Å². The van der Waals surface area contributed by atoms with Crippen LogP contribution in [0.1, 0.15) is 25.3 Å². The van der Waals surface area contributed by atoms with Gasteiger partial charge in [-0.15, -0.1) is 11.3 Å². The largest absolute Gasteiger partial charge is 0.481 e. The lowest BCUT2D eigenvalue weighted by molar-refractivity contribution is -0.147. The van der Waals surface area contributed by atoms with Crippen molar-refractivity contribution in [1.82, 2.24) is 9.99 Å². The molecule has 0 aliphatic carbocycles.